The fourth-order valence-electron chi connectivity index (χ4n) is 2.21. The van der Waals surface area contributed by atoms with E-state index in [4.69, 9.17) is 0 Å². The summed E-state index contributed by atoms with van der Waals surface area (Å²) < 4.78 is 1.48. The molecule has 2 aromatic rings. The summed E-state index contributed by atoms with van der Waals surface area (Å²) in [6.45, 7) is 1.74. The second kappa shape index (κ2) is 7.45. The molecule has 0 radical (unpaired) electrons. The molecule has 9 heteroatoms. The second-order valence-electron chi connectivity index (χ2n) is 5.38. The van der Waals surface area contributed by atoms with Crippen LogP contribution in [0.4, 0.5) is 11.4 Å². The smallest absolute Gasteiger partial charge is 0.249 e. The Morgan fingerprint density at radius 1 is 1.29 bits per heavy atom. The summed E-state index contributed by atoms with van der Waals surface area (Å²) in [5, 5.41) is 12.7. The van der Waals surface area contributed by atoms with Crippen molar-refractivity contribution in [2.75, 3.05) is 22.3 Å². The van der Waals surface area contributed by atoms with Crippen LogP contribution in [0.2, 0.25) is 0 Å². The first-order valence-electron chi connectivity index (χ1n) is 7.50. The van der Waals surface area contributed by atoms with Gasteiger partial charge in [0.15, 0.2) is 0 Å². The monoisotopic (exact) mass is 346 g/mol. The highest BCUT2D eigenvalue weighted by Crippen LogP contribution is 2.17. The number of hydrogen-bond acceptors (Lipinski definition) is 6. The average molecular weight is 346 g/mol. The minimum Gasteiger partial charge on any atom is -0.325 e. The molecule has 0 saturated carbocycles. The molecule has 1 aromatic carbocycles. The van der Waals surface area contributed by atoms with Crippen LogP contribution in [0, 0.1) is 0 Å². The number of hydrogen-bond donors (Lipinski definition) is 3. The number of carbonyl (C=O) groups is 2. The molecule has 24 heavy (non-hydrogen) atoms. The van der Waals surface area contributed by atoms with Gasteiger partial charge in [0, 0.05) is 23.0 Å². The van der Waals surface area contributed by atoms with Crippen molar-refractivity contribution in [2.45, 2.75) is 19.0 Å². The Balaban J connectivity index is 1.56. The van der Waals surface area contributed by atoms with Gasteiger partial charge in [0.25, 0.3) is 0 Å². The summed E-state index contributed by atoms with van der Waals surface area (Å²) in [6, 6.07) is 6.40. The molecule has 1 aromatic heterocycles. The van der Waals surface area contributed by atoms with E-state index in [-0.39, 0.29) is 17.9 Å². The molecule has 2 unspecified atom stereocenters. The Labute approximate surface area is 143 Å². The lowest BCUT2D eigenvalue weighted by atomic mass is 10.2. The van der Waals surface area contributed by atoms with Crippen molar-refractivity contribution < 1.29 is 9.59 Å². The minimum absolute atomic E-state index is 0.0448. The molecule has 2 heterocycles. The van der Waals surface area contributed by atoms with Crippen molar-refractivity contribution in [1.82, 2.24) is 20.1 Å². The molecule has 1 fully saturated rings. The lowest BCUT2D eigenvalue weighted by molar-refractivity contribution is -0.119. The first kappa shape index (κ1) is 16.5. The van der Waals surface area contributed by atoms with Crippen LogP contribution in [-0.2, 0) is 9.59 Å². The van der Waals surface area contributed by atoms with Crippen LogP contribution in [0.25, 0.3) is 0 Å². The van der Waals surface area contributed by atoms with Crippen molar-refractivity contribution in [2.24, 2.45) is 0 Å². The maximum absolute atomic E-state index is 12.2. The highest BCUT2D eigenvalue weighted by molar-refractivity contribution is 7.99. The molecule has 1 aliphatic rings. The van der Waals surface area contributed by atoms with Gasteiger partial charge in [-0.15, -0.1) is 11.8 Å². The second-order valence-corrected chi connectivity index (χ2v) is 6.41. The van der Waals surface area contributed by atoms with Crippen LogP contribution >= 0.6 is 11.8 Å². The van der Waals surface area contributed by atoms with Crippen LogP contribution in [0.1, 0.15) is 13.0 Å². The fourth-order valence-corrected chi connectivity index (χ4v) is 3.16. The number of carbonyl (C=O) groups excluding carboxylic acids is 2. The Kier molecular flexibility index (Phi) is 5.11. The quantitative estimate of drug-likeness (QED) is 0.749. The van der Waals surface area contributed by atoms with Gasteiger partial charge in [0.2, 0.25) is 11.8 Å². The molecule has 0 bridgehead atoms. The van der Waals surface area contributed by atoms with E-state index in [0.717, 1.165) is 11.6 Å². The number of rotatable bonds is 5. The molecule has 2 amide bonds. The Bertz CT molecular complexity index is 697. The summed E-state index contributed by atoms with van der Waals surface area (Å²) in [4.78, 5) is 28.0. The molecule has 0 spiro atoms. The van der Waals surface area contributed by atoms with Gasteiger partial charge >= 0.3 is 0 Å². The van der Waals surface area contributed by atoms with E-state index in [9.17, 15) is 9.59 Å². The van der Waals surface area contributed by atoms with Gasteiger partial charge in [0.1, 0.15) is 18.7 Å². The summed E-state index contributed by atoms with van der Waals surface area (Å²) >= 11 is 1.70. The van der Waals surface area contributed by atoms with E-state index in [1.807, 2.05) is 0 Å². The van der Waals surface area contributed by atoms with E-state index in [1.54, 1.807) is 43.0 Å². The molecule has 2 atom stereocenters. The number of anilines is 2. The first-order chi connectivity index (χ1) is 11.6. The maximum Gasteiger partial charge on any atom is 0.249 e. The third-order valence-corrected chi connectivity index (χ3v) is 4.61. The third kappa shape index (κ3) is 3.92. The number of aromatic nitrogens is 3. The summed E-state index contributed by atoms with van der Waals surface area (Å²) in [7, 11) is 0. The highest BCUT2D eigenvalue weighted by atomic mass is 32.2. The van der Waals surface area contributed by atoms with Crippen LogP contribution in [0.15, 0.2) is 36.9 Å². The van der Waals surface area contributed by atoms with Crippen LogP contribution in [0.3, 0.4) is 0 Å². The predicted molar refractivity (Wildman–Crippen MR) is 92.7 cm³/mol. The fraction of sp³-hybridized carbons (Fsp3) is 0.333. The Morgan fingerprint density at radius 3 is 2.58 bits per heavy atom. The maximum atomic E-state index is 12.2. The van der Waals surface area contributed by atoms with Crippen molar-refractivity contribution in [1.29, 1.82) is 0 Å². The van der Waals surface area contributed by atoms with Crippen molar-refractivity contribution in [3.8, 4) is 0 Å². The molecule has 126 valence electrons. The third-order valence-electron chi connectivity index (χ3n) is 3.67. The molecule has 1 aliphatic heterocycles. The normalized spacial score (nSPS) is 18.1. The molecule has 3 N–H and O–H groups in total. The number of benzene rings is 1. The molecule has 8 nitrogen and oxygen atoms in total. The van der Waals surface area contributed by atoms with Gasteiger partial charge in [-0.2, -0.15) is 5.10 Å². The standard InChI is InChI=1S/C15H18N6O2S/c1-10(21-8-16-7-18-21)14(22)19-11-2-4-12(5-3-11)20-15(23)13-6-24-9-17-13/h2-5,7-8,10,13,17H,6,9H2,1H3,(H,19,22)(H,20,23). The Morgan fingerprint density at radius 2 is 2.00 bits per heavy atom. The van der Waals surface area contributed by atoms with Crippen LogP contribution in [-0.4, -0.2) is 44.3 Å². The topological polar surface area (TPSA) is 101 Å². The molecule has 3 rings (SSSR count). The van der Waals surface area contributed by atoms with Crippen LogP contribution < -0.4 is 16.0 Å². The molecule has 0 aliphatic carbocycles. The van der Waals surface area contributed by atoms with Gasteiger partial charge < -0.3 is 10.6 Å². The van der Waals surface area contributed by atoms with Gasteiger partial charge in [-0.3, -0.25) is 14.9 Å². The van der Waals surface area contributed by atoms with Gasteiger partial charge in [-0.25, -0.2) is 9.67 Å². The zero-order valence-corrected chi connectivity index (χ0v) is 13.9. The van der Waals surface area contributed by atoms with Gasteiger partial charge in [-0.05, 0) is 31.2 Å². The van der Waals surface area contributed by atoms with Gasteiger partial charge in [0.05, 0.1) is 6.04 Å². The van der Waals surface area contributed by atoms with E-state index in [0.29, 0.717) is 11.4 Å². The van der Waals surface area contributed by atoms with Gasteiger partial charge in [-0.1, -0.05) is 0 Å². The zero-order valence-electron chi connectivity index (χ0n) is 13.1. The number of nitrogens with one attached hydrogen (secondary N) is 3. The molecular weight excluding hydrogens is 328 g/mol. The van der Waals surface area contributed by atoms with E-state index in [2.05, 4.69) is 26.0 Å². The Hall–Kier alpha value is -2.39. The van der Waals surface area contributed by atoms with Crippen molar-refractivity contribution in [3.05, 3.63) is 36.9 Å². The minimum atomic E-state index is -0.460. The first-order valence-corrected chi connectivity index (χ1v) is 8.66. The predicted octanol–water partition coefficient (Wildman–Crippen LogP) is 1.08. The number of thioether (sulfide) groups is 1. The zero-order chi connectivity index (χ0) is 16.9. The molecular formula is C15H18N6O2S. The lowest BCUT2D eigenvalue weighted by Gasteiger charge is -2.13. The summed E-state index contributed by atoms with van der Waals surface area (Å²) in [5.41, 5.74) is 1.35. The lowest BCUT2D eigenvalue weighted by Crippen LogP contribution is -2.37. The van der Waals surface area contributed by atoms with E-state index in [1.165, 1.54) is 17.3 Å². The van der Waals surface area contributed by atoms with Crippen molar-refractivity contribution >= 4 is 35.0 Å². The van der Waals surface area contributed by atoms with E-state index < -0.39 is 6.04 Å². The van der Waals surface area contributed by atoms with Crippen LogP contribution in [0.5, 0.6) is 0 Å². The van der Waals surface area contributed by atoms with E-state index >= 15 is 0 Å². The number of amides is 2. The van der Waals surface area contributed by atoms with Crippen molar-refractivity contribution in [3.63, 3.8) is 0 Å². The average Bonchev–Trinajstić information content (AvgIpc) is 3.29. The highest BCUT2D eigenvalue weighted by Gasteiger charge is 2.22. The molecule has 1 saturated heterocycles. The summed E-state index contributed by atoms with van der Waals surface area (Å²) in [5.74, 6) is 1.34. The summed E-state index contributed by atoms with van der Waals surface area (Å²) in [6.07, 6.45) is 2.89. The SMILES string of the molecule is CC(C(=O)Nc1ccc(NC(=O)C2CSCN2)cc1)n1cncn1. The largest absolute Gasteiger partial charge is 0.325 e. The number of nitrogens with zero attached hydrogens (tertiary/aromatic N) is 3.